The number of halogens is 3. The summed E-state index contributed by atoms with van der Waals surface area (Å²) in [5.41, 5.74) is 0.574. The van der Waals surface area contributed by atoms with Gasteiger partial charge in [-0.3, -0.25) is 0 Å². The molecule has 0 bridgehead atoms. The second kappa shape index (κ2) is 5.79. The van der Waals surface area contributed by atoms with Crippen LogP contribution in [-0.2, 0) is 4.74 Å². The van der Waals surface area contributed by atoms with E-state index in [-0.39, 0.29) is 11.7 Å². The third-order valence-electron chi connectivity index (χ3n) is 3.10. The third-order valence-corrected chi connectivity index (χ3v) is 3.10. The van der Waals surface area contributed by atoms with Gasteiger partial charge in [-0.2, -0.15) is 0 Å². The van der Waals surface area contributed by atoms with Gasteiger partial charge < -0.3 is 14.6 Å². The van der Waals surface area contributed by atoms with Crippen molar-refractivity contribution in [2.75, 3.05) is 13.2 Å². The smallest absolute Gasteiger partial charge is 0.406 e. The van der Waals surface area contributed by atoms with Gasteiger partial charge in [-0.25, -0.2) is 0 Å². The molecule has 2 atom stereocenters. The van der Waals surface area contributed by atoms with Crippen LogP contribution in [0.15, 0.2) is 24.3 Å². The fourth-order valence-corrected chi connectivity index (χ4v) is 2.15. The molecule has 1 aliphatic rings. The summed E-state index contributed by atoms with van der Waals surface area (Å²) in [5, 5.41) is 10.1. The Balaban J connectivity index is 2.01. The molecule has 1 heterocycles. The van der Waals surface area contributed by atoms with Crippen molar-refractivity contribution in [1.82, 2.24) is 0 Å². The second-order valence-corrected chi connectivity index (χ2v) is 4.54. The molecule has 1 saturated heterocycles. The number of aliphatic hydroxyl groups is 1. The number of hydrogen-bond donors (Lipinski definition) is 1. The highest BCUT2D eigenvalue weighted by molar-refractivity contribution is 5.29. The van der Waals surface area contributed by atoms with Crippen LogP contribution in [-0.4, -0.2) is 24.7 Å². The van der Waals surface area contributed by atoms with Gasteiger partial charge in [0, 0.05) is 12.5 Å². The first kappa shape index (κ1) is 14.1. The molecule has 0 radical (unpaired) electrons. The molecule has 3 nitrogen and oxygen atoms in total. The zero-order chi connectivity index (χ0) is 13.9. The molecule has 2 unspecified atom stereocenters. The van der Waals surface area contributed by atoms with Crippen molar-refractivity contribution in [2.45, 2.75) is 25.3 Å². The van der Waals surface area contributed by atoms with Crippen LogP contribution in [0.4, 0.5) is 13.2 Å². The Morgan fingerprint density at radius 1 is 1.26 bits per heavy atom. The van der Waals surface area contributed by atoms with Crippen molar-refractivity contribution >= 4 is 0 Å². The topological polar surface area (TPSA) is 38.7 Å². The molecule has 6 heteroatoms. The monoisotopic (exact) mass is 276 g/mol. The molecule has 1 aromatic carbocycles. The van der Waals surface area contributed by atoms with Gasteiger partial charge in [-0.05, 0) is 30.5 Å². The van der Waals surface area contributed by atoms with Crippen molar-refractivity contribution in [3.63, 3.8) is 0 Å². The van der Waals surface area contributed by atoms with Gasteiger partial charge in [0.05, 0.1) is 12.7 Å². The van der Waals surface area contributed by atoms with E-state index in [1.54, 1.807) is 0 Å². The number of ether oxygens (including phenoxy) is 2. The lowest BCUT2D eigenvalue weighted by molar-refractivity contribution is -0.274. The highest BCUT2D eigenvalue weighted by Gasteiger charge is 2.31. The Hall–Kier alpha value is -1.27. The molecule has 1 fully saturated rings. The predicted octanol–water partition coefficient (Wildman–Crippen LogP) is 3.05. The zero-order valence-electron chi connectivity index (χ0n) is 10.2. The van der Waals surface area contributed by atoms with Crippen LogP contribution in [0.3, 0.4) is 0 Å². The molecular formula is C13H15F3O3. The Kier molecular flexibility index (Phi) is 4.31. The van der Waals surface area contributed by atoms with E-state index in [0.29, 0.717) is 18.8 Å². The number of alkyl halides is 3. The minimum Gasteiger partial charge on any atom is -0.406 e. The summed E-state index contributed by atoms with van der Waals surface area (Å²) in [6.45, 7) is 1.17. The van der Waals surface area contributed by atoms with Gasteiger partial charge in [-0.15, -0.1) is 13.2 Å². The van der Waals surface area contributed by atoms with Gasteiger partial charge in [0.2, 0.25) is 0 Å². The first-order valence-corrected chi connectivity index (χ1v) is 6.07. The van der Waals surface area contributed by atoms with E-state index < -0.39 is 12.5 Å². The predicted molar refractivity (Wildman–Crippen MR) is 61.6 cm³/mol. The highest BCUT2D eigenvalue weighted by atomic mass is 19.4. The van der Waals surface area contributed by atoms with E-state index in [1.165, 1.54) is 24.3 Å². The Morgan fingerprint density at radius 2 is 1.95 bits per heavy atom. The number of hydrogen-bond acceptors (Lipinski definition) is 3. The normalized spacial score (nSPS) is 22.0. The average molecular weight is 276 g/mol. The Labute approximate surface area is 108 Å². The van der Waals surface area contributed by atoms with E-state index in [4.69, 9.17) is 4.74 Å². The molecule has 19 heavy (non-hydrogen) atoms. The lowest BCUT2D eigenvalue weighted by atomic mass is 9.91. The number of benzene rings is 1. The maximum atomic E-state index is 12.0. The molecular weight excluding hydrogens is 261 g/mol. The van der Waals surface area contributed by atoms with Gasteiger partial charge in [0.15, 0.2) is 0 Å². The number of rotatable bonds is 3. The highest BCUT2D eigenvalue weighted by Crippen LogP contribution is 2.30. The first-order chi connectivity index (χ1) is 8.96. The molecule has 0 spiro atoms. The standard InChI is InChI=1S/C13H15F3O3/c14-13(15,16)19-11-5-3-9(4-6-11)12(17)10-2-1-7-18-8-10/h3-6,10,12,17H,1-2,7-8H2. The van der Waals surface area contributed by atoms with Crippen LogP contribution in [0, 0.1) is 5.92 Å². The fourth-order valence-electron chi connectivity index (χ4n) is 2.15. The van der Waals surface area contributed by atoms with Crippen LogP contribution in [0.25, 0.3) is 0 Å². The fraction of sp³-hybridized carbons (Fsp3) is 0.538. The van der Waals surface area contributed by atoms with Gasteiger partial charge >= 0.3 is 6.36 Å². The molecule has 1 aliphatic heterocycles. The molecule has 0 saturated carbocycles. The maximum Gasteiger partial charge on any atom is 0.573 e. The van der Waals surface area contributed by atoms with Gasteiger partial charge in [-0.1, -0.05) is 12.1 Å². The molecule has 106 valence electrons. The van der Waals surface area contributed by atoms with Crippen molar-refractivity contribution in [3.05, 3.63) is 29.8 Å². The minimum absolute atomic E-state index is 0.0110. The average Bonchev–Trinajstić information content (AvgIpc) is 2.38. The van der Waals surface area contributed by atoms with E-state index in [0.717, 1.165) is 12.8 Å². The van der Waals surface area contributed by atoms with E-state index in [1.807, 2.05) is 0 Å². The summed E-state index contributed by atoms with van der Waals surface area (Å²) in [7, 11) is 0. The zero-order valence-corrected chi connectivity index (χ0v) is 10.2. The van der Waals surface area contributed by atoms with Crippen molar-refractivity contribution in [3.8, 4) is 5.75 Å². The van der Waals surface area contributed by atoms with Crippen LogP contribution in [0.5, 0.6) is 5.75 Å². The summed E-state index contributed by atoms with van der Waals surface area (Å²) in [6, 6.07) is 5.30. The lowest BCUT2D eigenvalue weighted by Crippen LogP contribution is -2.23. The van der Waals surface area contributed by atoms with Crippen molar-refractivity contribution in [2.24, 2.45) is 5.92 Å². The molecule has 2 rings (SSSR count). The second-order valence-electron chi connectivity index (χ2n) is 4.54. The van der Waals surface area contributed by atoms with Gasteiger partial charge in [0.25, 0.3) is 0 Å². The Bertz CT molecular complexity index is 397. The van der Waals surface area contributed by atoms with Crippen LogP contribution < -0.4 is 4.74 Å². The van der Waals surface area contributed by atoms with E-state index >= 15 is 0 Å². The summed E-state index contributed by atoms with van der Waals surface area (Å²) < 4.78 is 45.1. The van der Waals surface area contributed by atoms with Crippen molar-refractivity contribution < 1.29 is 27.8 Å². The van der Waals surface area contributed by atoms with Crippen LogP contribution in [0.2, 0.25) is 0 Å². The molecule has 0 aliphatic carbocycles. The van der Waals surface area contributed by atoms with E-state index in [9.17, 15) is 18.3 Å². The molecule has 1 N–H and O–H groups in total. The maximum absolute atomic E-state index is 12.0. The quantitative estimate of drug-likeness (QED) is 0.922. The Morgan fingerprint density at radius 3 is 2.47 bits per heavy atom. The molecule has 0 aromatic heterocycles. The summed E-state index contributed by atoms with van der Waals surface area (Å²) in [5.74, 6) is -0.300. The minimum atomic E-state index is -4.70. The largest absolute Gasteiger partial charge is 0.573 e. The first-order valence-electron chi connectivity index (χ1n) is 6.07. The SMILES string of the molecule is OC(c1ccc(OC(F)(F)F)cc1)C1CCCOC1. The molecule has 0 amide bonds. The van der Waals surface area contributed by atoms with Gasteiger partial charge in [0.1, 0.15) is 5.75 Å². The lowest BCUT2D eigenvalue weighted by Gasteiger charge is -2.27. The number of aliphatic hydroxyl groups excluding tert-OH is 1. The molecule has 1 aromatic rings. The van der Waals surface area contributed by atoms with Crippen LogP contribution >= 0.6 is 0 Å². The van der Waals surface area contributed by atoms with Crippen LogP contribution in [0.1, 0.15) is 24.5 Å². The summed E-state index contributed by atoms with van der Waals surface area (Å²) in [6.07, 6.45) is -3.68. The summed E-state index contributed by atoms with van der Waals surface area (Å²) in [4.78, 5) is 0. The van der Waals surface area contributed by atoms with Crippen molar-refractivity contribution in [1.29, 1.82) is 0 Å². The third kappa shape index (κ3) is 4.11. The van der Waals surface area contributed by atoms with E-state index in [2.05, 4.69) is 4.74 Å². The summed E-state index contributed by atoms with van der Waals surface area (Å²) >= 11 is 0.